The number of Topliss-reactive ketones (excluding diaryl/α,β-unsaturated/α-hetero) is 1. The molecule has 0 aromatic heterocycles. The van der Waals surface area contributed by atoms with Crippen LogP contribution in [0.25, 0.3) is 0 Å². The smallest absolute Gasteiger partial charge is 0.229 e. The van der Waals surface area contributed by atoms with E-state index >= 15 is 0 Å². The van der Waals surface area contributed by atoms with E-state index in [0.29, 0.717) is 0 Å². The van der Waals surface area contributed by atoms with E-state index in [0.717, 1.165) is 18.2 Å². The van der Waals surface area contributed by atoms with Gasteiger partial charge < -0.3 is 55.1 Å². The Kier molecular flexibility index (Phi) is 5.95. The number of carbonyl (C=O) groups is 1. The van der Waals surface area contributed by atoms with E-state index in [9.17, 15) is 45.6 Å². The number of benzene rings is 2. The molecule has 0 spiro atoms. The molecule has 2 aliphatic heterocycles. The van der Waals surface area contributed by atoms with E-state index in [4.69, 9.17) is 14.2 Å². The molecule has 1 saturated heterocycles. The van der Waals surface area contributed by atoms with Crippen molar-refractivity contribution >= 4 is 5.78 Å². The Morgan fingerprint density at radius 3 is 2.36 bits per heavy atom. The van der Waals surface area contributed by atoms with Gasteiger partial charge in [0.15, 0.2) is 17.3 Å². The minimum absolute atomic E-state index is 0.0854. The van der Waals surface area contributed by atoms with Crippen LogP contribution in [0.3, 0.4) is 0 Å². The molecule has 2 heterocycles. The summed E-state index contributed by atoms with van der Waals surface area (Å²) in [7, 11) is 0. The summed E-state index contributed by atoms with van der Waals surface area (Å²) in [5.41, 5.74) is 0.0524. The molecule has 12 heteroatoms. The van der Waals surface area contributed by atoms with Crippen molar-refractivity contribution in [1.29, 1.82) is 0 Å². The summed E-state index contributed by atoms with van der Waals surface area (Å²) in [4.78, 5) is 12.5. The van der Waals surface area contributed by atoms with Crippen LogP contribution >= 0.6 is 0 Å². The molecular formula is C21H22O12. The van der Waals surface area contributed by atoms with Gasteiger partial charge >= 0.3 is 0 Å². The zero-order chi connectivity index (χ0) is 24.0. The van der Waals surface area contributed by atoms with Crippen LogP contribution in [0.5, 0.6) is 34.5 Å². The summed E-state index contributed by atoms with van der Waals surface area (Å²) < 4.78 is 16.4. The first-order valence-electron chi connectivity index (χ1n) is 9.89. The fraction of sp³-hybridized carbons (Fsp3) is 0.381. The number of hydrogen-bond acceptors (Lipinski definition) is 12. The first-order chi connectivity index (χ1) is 15.6. The number of rotatable bonds is 4. The Morgan fingerprint density at radius 2 is 1.67 bits per heavy atom. The van der Waals surface area contributed by atoms with Gasteiger partial charge in [0.1, 0.15) is 53.3 Å². The quantitative estimate of drug-likeness (QED) is 0.266. The Morgan fingerprint density at radius 1 is 0.939 bits per heavy atom. The van der Waals surface area contributed by atoms with Crippen molar-refractivity contribution in [3.63, 3.8) is 0 Å². The lowest BCUT2D eigenvalue weighted by Gasteiger charge is -2.39. The predicted octanol–water partition coefficient (Wildman–Crippen LogP) is -0.606. The van der Waals surface area contributed by atoms with Crippen LogP contribution in [-0.4, -0.2) is 83.9 Å². The molecule has 0 amide bonds. The first kappa shape index (κ1) is 22.9. The van der Waals surface area contributed by atoms with Crippen molar-refractivity contribution in [2.24, 2.45) is 0 Å². The maximum absolute atomic E-state index is 12.5. The molecule has 0 saturated carbocycles. The van der Waals surface area contributed by atoms with Crippen molar-refractivity contribution in [3.8, 4) is 34.5 Å². The van der Waals surface area contributed by atoms with E-state index < -0.39 is 72.2 Å². The van der Waals surface area contributed by atoms with Gasteiger partial charge in [-0.25, -0.2) is 0 Å². The lowest BCUT2D eigenvalue weighted by Crippen LogP contribution is -2.60. The summed E-state index contributed by atoms with van der Waals surface area (Å²) in [6.07, 6.45) is -9.26. The number of phenolic OH excluding ortho intramolecular Hbond substituents is 4. The summed E-state index contributed by atoms with van der Waals surface area (Å²) >= 11 is 0. The normalized spacial score (nSPS) is 29.3. The highest BCUT2D eigenvalue weighted by Crippen LogP contribution is 2.45. The van der Waals surface area contributed by atoms with Gasteiger partial charge in [0.2, 0.25) is 12.0 Å². The van der Waals surface area contributed by atoms with E-state index in [1.807, 2.05) is 0 Å². The van der Waals surface area contributed by atoms with Crippen molar-refractivity contribution in [2.45, 2.75) is 43.2 Å². The largest absolute Gasteiger partial charge is 0.508 e. The van der Waals surface area contributed by atoms with E-state index in [-0.39, 0.29) is 29.0 Å². The number of phenols is 4. The monoisotopic (exact) mass is 466 g/mol. The Labute approximate surface area is 186 Å². The molecule has 0 radical (unpaired) electrons. The van der Waals surface area contributed by atoms with Gasteiger partial charge in [-0.1, -0.05) is 0 Å². The Bertz CT molecular complexity index is 1070. The summed E-state index contributed by atoms with van der Waals surface area (Å²) in [6.45, 7) is -0.695. The number of aliphatic hydroxyl groups is 4. The molecule has 2 aromatic carbocycles. The summed E-state index contributed by atoms with van der Waals surface area (Å²) in [6, 6.07) is 4.45. The van der Waals surface area contributed by atoms with Gasteiger partial charge in [0.05, 0.1) is 13.0 Å². The molecule has 12 nitrogen and oxygen atoms in total. The highest BCUT2D eigenvalue weighted by atomic mass is 16.7. The standard InChI is InChI=1S/C21H22O12/c22-6-15-18(28)19(29)20(30)21(33-15)32-14-2-7(1-11(26)17(14)27)12-5-10(25)16-9(24)3-8(23)4-13(16)31-12/h1-4,12,15,18-24,26-30H,5-6H2/t12-,15+,18+,19-,20+,21?/m0/s1. The minimum Gasteiger partial charge on any atom is -0.508 e. The summed E-state index contributed by atoms with van der Waals surface area (Å²) in [5.74, 6) is -3.18. The molecule has 4 rings (SSSR count). The van der Waals surface area contributed by atoms with Gasteiger partial charge in [-0.15, -0.1) is 0 Å². The summed E-state index contributed by atoms with van der Waals surface area (Å²) in [5, 5.41) is 79.2. The molecule has 1 fully saturated rings. The number of ether oxygens (including phenoxy) is 3. The van der Waals surface area contributed by atoms with Crippen LogP contribution in [0.4, 0.5) is 0 Å². The lowest BCUT2D eigenvalue weighted by atomic mass is 9.95. The van der Waals surface area contributed by atoms with Gasteiger partial charge in [0, 0.05) is 17.7 Å². The molecule has 2 aromatic rings. The third-order valence-electron chi connectivity index (χ3n) is 5.53. The highest BCUT2D eigenvalue weighted by Gasteiger charge is 2.45. The van der Waals surface area contributed by atoms with E-state index in [2.05, 4.69) is 0 Å². The molecule has 0 bridgehead atoms. The second-order valence-corrected chi connectivity index (χ2v) is 7.77. The Hall–Kier alpha value is -3.29. The molecule has 0 aliphatic carbocycles. The second-order valence-electron chi connectivity index (χ2n) is 7.77. The number of aromatic hydroxyl groups is 4. The van der Waals surface area contributed by atoms with Crippen molar-refractivity contribution in [2.75, 3.05) is 6.61 Å². The minimum atomic E-state index is -1.77. The van der Waals surface area contributed by atoms with Gasteiger partial charge in [-0.3, -0.25) is 4.79 Å². The lowest BCUT2D eigenvalue weighted by molar-refractivity contribution is -0.277. The fourth-order valence-electron chi connectivity index (χ4n) is 3.79. The maximum atomic E-state index is 12.5. The third kappa shape index (κ3) is 4.10. The van der Waals surface area contributed by atoms with Gasteiger partial charge in [-0.2, -0.15) is 0 Å². The predicted molar refractivity (Wildman–Crippen MR) is 106 cm³/mol. The molecule has 33 heavy (non-hydrogen) atoms. The fourth-order valence-corrected chi connectivity index (χ4v) is 3.79. The zero-order valence-corrected chi connectivity index (χ0v) is 16.9. The number of ketones is 1. The van der Waals surface area contributed by atoms with Crippen molar-refractivity contribution in [3.05, 3.63) is 35.4 Å². The van der Waals surface area contributed by atoms with E-state index in [1.54, 1.807) is 0 Å². The average molecular weight is 466 g/mol. The SMILES string of the molecule is O=C1C[C@@H](c2cc(O)c(O)c(OC3O[C@H](CO)[C@@H](O)[C@H](O)[C@H]3O)c2)Oc2cc(O)cc(O)c21. The van der Waals surface area contributed by atoms with Crippen LogP contribution in [0.15, 0.2) is 24.3 Å². The number of fused-ring (bicyclic) bond motifs is 1. The second kappa shape index (κ2) is 8.57. The molecule has 8 N–H and O–H groups in total. The van der Waals surface area contributed by atoms with Crippen LogP contribution in [0.2, 0.25) is 0 Å². The number of hydrogen-bond donors (Lipinski definition) is 8. The topological polar surface area (TPSA) is 207 Å². The molecule has 1 unspecified atom stereocenters. The average Bonchev–Trinajstić information content (AvgIpc) is 2.76. The van der Waals surface area contributed by atoms with Crippen LogP contribution in [0.1, 0.15) is 28.4 Å². The number of aliphatic hydroxyl groups excluding tert-OH is 4. The third-order valence-corrected chi connectivity index (χ3v) is 5.53. The number of carbonyl (C=O) groups excluding carboxylic acids is 1. The van der Waals surface area contributed by atoms with Crippen molar-refractivity contribution < 1.29 is 59.9 Å². The Balaban J connectivity index is 1.64. The highest BCUT2D eigenvalue weighted by molar-refractivity contribution is 6.02. The van der Waals surface area contributed by atoms with E-state index in [1.165, 1.54) is 6.07 Å². The molecule has 2 aliphatic rings. The first-order valence-corrected chi connectivity index (χ1v) is 9.89. The van der Waals surface area contributed by atoms with Crippen LogP contribution in [-0.2, 0) is 4.74 Å². The van der Waals surface area contributed by atoms with Crippen LogP contribution in [0, 0.1) is 0 Å². The maximum Gasteiger partial charge on any atom is 0.229 e. The van der Waals surface area contributed by atoms with Gasteiger partial charge in [0.25, 0.3) is 0 Å². The van der Waals surface area contributed by atoms with Gasteiger partial charge in [-0.05, 0) is 12.1 Å². The van der Waals surface area contributed by atoms with Crippen molar-refractivity contribution in [1.82, 2.24) is 0 Å². The van der Waals surface area contributed by atoms with Crippen LogP contribution < -0.4 is 9.47 Å². The molecule has 6 atom stereocenters. The zero-order valence-electron chi connectivity index (χ0n) is 16.9. The molecule has 178 valence electrons. The molecular weight excluding hydrogens is 444 g/mol.